The van der Waals surface area contributed by atoms with Gasteiger partial charge in [0.25, 0.3) is 5.69 Å². The molecule has 1 aromatic heterocycles. The molecule has 21 heavy (non-hydrogen) atoms. The van der Waals surface area contributed by atoms with E-state index in [1.807, 2.05) is 26.0 Å². The number of hydrogen-bond donors (Lipinski definition) is 0. The molecule has 0 bridgehead atoms. The molecule has 0 aliphatic heterocycles. The van der Waals surface area contributed by atoms with Gasteiger partial charge in [-0.15, -0.1) is 0 Å². The minimum Gasteiger partial charge on any atom is -0.455 e. The van der Waals surface area contributed by atoms with Crippen molar-refractivity contribution >= 4 is 21.6 Å². The molecular weight excluding hydrogens is 336 g/mol. The smallest absolute Gasteiger partial charge is 0.273 e. The van der Waals surface area contributed by atoms with E-state index in [-0.39, 0.29) is 5.69 Å². The zero-order valence-electron chi connectivity index (χ0n) is 11.8. The molecule has 0 N–H and O–H groups in total. The Kier molecular flexibility index (Phi) is 4.90. The zero-order chi connectivity index (χ0) is 15.4. The maximum absolute atomic E-state index is 10.9. The van der Waals surface area contributed by atoms with Crippen LogP contribution in [0.5, 0.6) is 11.5 Å². The second kappa shape index (κ2) is 6.67. The highest BCUT2D eigenvalue weighted by atomic mass is 79.9. The first-order chi connectivity index (χ1) is 10.0. The zero-order valence-corrected chi connectivity index (χ0v) is 13.4. The number of halogens is 1. The van der Waals surface area contributed by atoms with E-state index in [0.717, 1.165) is 17.8 Å². The van der Waals surface area contributed by atoms with Gasteiger partial charge in [0.1, 0.15) is 11.5 Å². The van der Waals surface area contributed by atoms with Gasteiger partial charge in [-0.25, -0.2) is 0 Å². The lowest BCUT2D eigenvalue weighted by molar-refractivity contribution is -0.385. The van der Waals surface area contributed by atoms with Gasteiger partial charge >= 0.3 is 0 Å². The Morgan fingerprint density at radius 1 is 1.33 bits per heavy atom. The van der Waals surface area contributed by atoms with Crippen LogP contribution in [-0.4, -0.2) is 9.91 Å². The van der Waals surface area contributed by atoms with Gasteiger partial charge in [-0.3, -0.25) is 15.1 Å². The molecule has 1 heterocycles. The lowest BCUT2D eigenvalue weighted by atomic mass is 10.2. The SMILES string of the molecule is CCc1nc(C)ccc1Oc1ccc([N+](=O)[O-])c(CBr)c1. The second-order valence-corrected chi connectivity index (χ2v) is 5.10. The predicted molar refractivity (Wildman–Crippen MR) is 84.2 cm³/mol. The topological polar surface area (TPSA) is 65.3 Å². The van der Waals surface area contributed by atoms with E-state index in [1.165, 1.54) is 6.07 Å². The van der Waals surface area contributed by atoms with E-state index >= 15 is 0 Å². The fourth-order valence-corrected chi connectivity index (χ4v) is 2.43. The number of pyridine rings is 1. The molecule has 110 valence electrons. The molecule has 6 heteroatoms. The number of aromatic nitrogens is 1. The van der Waals surface area contributed by atoms with E-state index in [2.05, 4.69) is 20.9 Å². The highest BCUT2D eigenvalue weighted by Crippen LogP contribution is 2.30. The minimum atomic E-state index is -0.398. The molecule has 2 rings (SSSR count). The van der Waals surface area contributed by atoms with Crippen molar-refractivity contribution in [3.63, 3.8) is 0 Å². The highest BCUT2D eigenvalue weighted by molar-refractivity contribution is 9.08. The fourth-order valence-electron chi connectivity index (χ4n) is 1.98. The van der Waals surface area contributed by atoms with Gasteiger partial charge < -0.3 is 4.74 Å². The molecule has 0 aliphatic rings. The van der Waals surface area contributed by atoms with Gasteiger partial charge in [0.15, 0.2) is 0 Å². The van der Waals surface area contributed by atoms with Crippen LogP contribution < -0.4 is 4.74 Å². The van der Waals surface area contributed by atoms with E-state index in [1.54, 1.807) is 12.1 Å². The minimum absolute atomic E-state index is 0.0805. The van der Waals surface area contributed by atoms with E-state index in [0.29, 0.717) is 22.4 Å². The Balaban J connectivity index is 2.34. The Morgan fingerprint density at radius 3 is 2.71 bits per heavy atom. The number of alkyl halides is 1. The summed E-state index contributed by atoms with van der Waals surface area (Å²) in [6, 6.07) is 8.48. The normalized spacial score (nSPS) is 10.4. The standard InChI is InChI=1S/C15H15BrN2O3/c1-3-13-15(7-4-10(2)17-13)21-12-5-6-14(18(19)20)11(8-12)9-16/h4-8H,3,9H2,1-2H3. The van der Waals surface area contributed by atoms with Gasteiger partial charge in [0.05, 0.1) is 10.6 Å². The van der Waals surface area contributed by atoms with Gasteiger partial charge in [-0.2, -0.15) is 0 Å². The molecule has 0 saturated carbocycles. The molecule has 0 radical (unpaired) electrons. The van der Waals surface area contributed by atoms with Gasteiger partial charge in [-0.05, 0) is 37.6 Å². The molecule has 0 saturated heterocycles. The van der Waals surface area contributed by atoms with Crippen LogP contribution in [0, 0.1) is 17.0 Å². The monoisotopic (exact) mass is 350 g/mol. The number of nitrogens with zero attached hydrogens (tertiary/aromatic N) is 2. The first kappa shape index (κ1) is 15.4. The average Bonchev–Trinajstić information content (AvgIpc) is 2.48. The largest absolute Gasteiger partial charge is 0.455 e. The second-order valence-electron chi connectivity index (χ2n) is 4.53. The molecule has 1 aromatic carbocycles. The Labute approximate surface area is 131 Å². The van der Waals surface area contributed by atoms with Crippen LogP contribution in [0.4, 0.5) is 5.69 Å². The van der Waals surface area contributed by atoms with Crippen LogP contribution in [0.25, 0.3) is 0 Å². The van der Waals surface area contributed by atoms with Crippen molar-refractivity contribution in [2.75, 3.05) is 0 Å². The first-order valence-corrected chi connectivity index (χ1v) is 7.65. The third kappa shape index (κ3) is 3.58. The Morgan fingerprint density at radius 2 is 2.10 bits per heavy atom. The van der Waals surface area contributed by atoms with Crippen molar-refractivity contribution < 1.29 is 9.66 Å². The fraction of sp³-hybridized carbons (Fsp3) is 0.267. The van der Waals surface area contributed by atoms with E-state index in [4.69, 9.17) is 4.74 Å². The van der Waals surface area contributed by atoms with Crippen LogP contribution in [0.3, 0.4) is 0 Å². The van der Waals surface area contributed by atoms with Crippen LogP contribution in [0.1, 0.15) is 23.9 Å². The molecule has 0 atom stereocenters. The lowest BCUT2D eigenvalue weighted by Gasteiger charge is -2.11. The van der Waals surface area contributed by atoms with Gasteiger partial charge in [0.2, 0.25) is 0 Å². The molecule has 5 nitrogen and oxygen atoms in total. The van der Waals surface area contributed by atoms with Crippen molar-refractivity contribution in [1.29, 1.82) is 0 Å². The van der Waals surface area contributed by atoms with Gasteiger partial charge in [-0.1, -0.05) is 22.9 Å². The molecular formula is C15H15BrN2O3. The van der Waals surface area contributed by atoms with E-state index in [9.17, 15) is 10.1 Å². The summed E-state index contributed by atoms with van der Waals surface area (Å²) in [6.07, 6.45) is 0.759. The Bertz CT molecular complexity index is 674. The summed E-state index contributed by atoms with van der Waals surface area (Å²) in [4.78, 5) is 15.0. The Hall–Kier alpha value is -1.95. The molecule has 0 spiro atoms. The molecule has 0 fully saturated rings. The maximum atomic E-state index is 10.9. The van der Waals surface area contributed by atoms with Crippen molar-refractivity contribution in [2.24, 2.45) is 0 Å². The van der Waals surface area contributed by atoms with Crippen molar-refractivity contribution in [3.05, 3.63) is 57.4 Å². The summed E-state index contributed by atoms with van der Waals surface area (Å²) in [5.41, 5.74) is 2.46. The summed E-state index contributed by atoms with van der Waals surface area (Å²) in [6.45, 7) is 3.94. The third-order valence-electron chi connectivity index (χ3n) is 3.03. The van der Waals surface area contributed by atoms with Gasteiger partial charge in [0, 0.05) is 22.7 Å². The summed E-state index contributed by atoms with van der Waals surface area (Å²) in [5.74, 6) is 1.24. The highest BCUT2D eigenvalue weighted by Gasteiger charge is 2.14. The number of benzene rings is 1. The molecule has 0 amide bonds. The number of aryl methyl sites for hydroxylation is 2. The van der Waals surface area contributed by atoms with Crippen LogP contribution in [-0.2, 0) is 11.8 Å². The molecule has 2 aromatic rings. The number of nitro benzene ring substituents is 1. The number of ether oxygens (including phenoxy) is 1. The lowest BCUT2D eigenvalue weighted by Crippen LogP contribution is -1.97. The quantitative estimate of drug-likeness (QED) is 0.450. The van der Waals surface area contributed by atoms with Crippen LogP contribution in [0.15, 0.2) is 30.3 Å². The summed E-state index contributed by atoms with van der Waals surface area (Å²) in [7, 11) is 0. The average molecular weight is 351 g/mol. The van der Waals surface area contributed by atoms with Crippen molar-refractivity contribution in [3.8, 4) is 11.5 Å². The number of rotatable bonds is 5. The van der Waals surface area contributed by atoms with Crippen molar-refractivity contribution in [2.45, 2.75) is 25.6 Å². The maximum Gasteiger partial charge on any atom is 0.273 e. The van der Waals surface area contributed by atoms with Crippen LogP contribution in [0.2, 0.25) is 0 Å². The summed E-state index contributed by atoms with van der Waals surface area (Å²) >= 11 is 3.26. The van der Waals surface area contributed by atoms with Crippen molar-refractivity contribution in [1.82, 2.24) is 4.98 Å². The summed E-state index contributed by atoms with van der Waals surface area (Å²) < 4.78 is 5.83. The molecule has 0 unspecified atom stereocenters. The van der Waals surface area contributed by atoms with Crippen LogP contribution >= 0.6 is 15.9 Å². The third-order valence-corrected chi connectivity index (χ3v) is 3.63. The predicted octanol–water partition coefficient (Wildman–Crippen LogP) is 4.55. The summed E-state index contributed by atoms with van der Waals surface area (Å²) in [5, 5.41) is 11.3. The van der Waals surface area contributed by atoms with E-state index < -0.39 is 4.92 Å². The number of nitro groups is 1. The molecule has 0 aliphatic carbocycles. The first-order valence-electron chi connectivity index (χ1n) is 6.52. The number of hydrogen-bond acceptors (Lipinski definition) is 4.